The van der Waals surface area contributed by atoms with Gasteiger partial charge in [-0.1, -0.05) is 82.7 Å². The Balaban J connectivity index is 1.79. The van der Waals surface area contributed by atoms with Crippen molar-refractivity contribution in [3.05, 3.63) is 30.3 Å². The molecule has 4 nitrogen and oxygen atoms in total. The molecule has 0 aromatic heterocycles. The van der Waals surface area contributed by atoms with Crippen LogP contribution in [0.4, 0.5) is 0 Å². The lowest BCUT2D eigenvalue weighted by atomic mass is 10.0. The van der Waals surface area contributed by atoms with E-state index in [0.29, 0.717) is 23.9 Å². The van der Waals surface area contributed by atoms with Gasteiger partial charge in [0.2, 0.25) is 0 Å². The van der Waals surface area contributed by atoms with Crippen molar-refractivity contribution in [3.63, 3.8) is 0 Å². The molecule has 2 saturated heterocycles. The van der Waals surface area contributed by atoms with Crippen molar-refractivity contribution in [2.24, 2.45) is 11.8 Å². The van der Waals surface area contributed by atoms with E-state index in [1.807, 2.05) is 0 Å². The number of nitrogens with one attached hydrogen (secondary N) is 2. The number of rotatable bonds is 11. The first-order valence-electron chi connectivity index (χ1n) is 13.0. The molecule has 2 N–H and O–H groups in total. The lowest BCUT2D eigenvalue weighted by molar-refractivity contribution is 0.194. The second kappa shape index (κ2) is 13.0. The Kier molecular flexibility index (Phi) is 10.7. The minimum atomic E-state index is -2.15. The van der Waals surface area contributed by atoms with Crippen molar-refractivity contribution in [3.8, 4) is 0 Å². The van der Waals surface area contributed by atoms with Gasteiger partial charge in [0.15, 0.2) is 0 Å². The van der Waals surface area contributed by atoms with Crippen molar-refractivity contribution < 1.29 is 0 Å². The smallest absolute Gasteiger partial charge is 0.102 e. The summed E-state index contributed by atoms with van der Waals surface area (Å²) < 4.78 is 0. The molecular weight excluding hydrogens is 431 g/mol. The molecule has 182 valence electrons. The Morgan fingerprint density at radius 2 is 1.12 bits per heavy atom. The molecule has 2 atom stereocenters. The van der Waals surface area contributed by atoms with E-state index in [4.69, 9.17) is 11.8 Å². The monoisotopic (exact) mass is 478 g/mol. The second-order valence-electron chi connectivity index (χ2n) is 10.6. The van der Waals surface area contributed by atoms with Gasteiger partial charge in [-0.25, -0.2) is 0 Å². The number of benzene rings is 1. The number of likely N-dealkylation sites (tertiary alicyclic amines) is 2. The molecule has 32 heavy (non-hydrogen) atoms. The standard InChI is InChI=1S/C26H47N4PS/c1-22(2)25(20-29-16-10-6-11-17-29)27-31(32,24-14-8-5-9-15-24)28-26(23(3)4)21-30-18-12-7-13-19-30/h5,8-9,14-15,22-23,25-26H,6-7,10-13,16-21H2,1-4H3,(H2,27,28,32)/t25-,26-/m1/s1. The highest BCUT2D eigenvalue weighted by Crippen LogP contribution is 2.39. The van der Waals surface area contributed by atoms with Gasteiger partial charge in [0.25, 0.3) is 0 Å². The molecule has 0 spiro atoms. The Morgan fingerprint density at radius 1 is 0.719 bits per heavy atom. The molecule has 2 aliphatic heterocycles. The Labute approximate surface area is 203 Å². The largest absolute Gasteiger partial charge is 0.302 e. The normalized spacial score (nSPS) is 21.2. The lowest BCUT2D eigenvalue weighted by Crippen LogP contribution is -2.51. The van der Waals surface area contributed by atoms with Crippen LogP contribution in [0.1, 0.15) is 66.2 Å². The summed E-state index contributed by atoms with van der Waals surface area (Å²) in [4.78, 5) is 5.30. The fraction of sp³-hybridized carbons (Fsp3) is 0.769. The van der Waals surface area contributed by atoms with E-state index < -0.39 is 6.34 Å². The van der Waals surface area contributed by atoms with E-state index >= 15 is 0 Å². The minimum absolute atomic E-state index is 0.398. The summed E-state index contributed by atoms with van der Waals surface area (Å²) in [6.45, 7) is 16.5. The topological polar surface area (TPSA) is 30.5 Å². The van der Waals surface area contributed by atoms with Crippen LogP contribution < -0.4 is 15.5 Å². The van der Waals surface area contributed by atoms with Crippen LogP contribution in [0, 0.1) is 11.8 Å². The quantitative estimate of drug-likeness (QED) is 0.445. The van der Waals surface area contributed by atoms with Gasteiger partial charge in [0, 0.05) is 30.5 Å². The molecule has 0 saturated carbocycles. The first-order valence-corrected chi connectivity index (χ1v) is 15.8. The number of hydrogen-bond donors (Lipinski definition) is 2. The molecular formula is C26H47N4PS. The Bertz CT molecular complexity index is 661. The maximum Gasteiger partial charge on any atom is 0.102 e. The van der Waals surface area contributed by atoms with Crippen LogP contribution in [0.25, 0.3) is 0 Å². The molecule has 3 rings (SSSR count). The first-order chi connectivity index (χ1) is 15.4. The Hall–Kier alpha value is -0.290. The molecule has 0 bridgehead atoms. The van der Waals surface area contributed by atoms with E-state index in [0.717, 1.165) is 13.1 Å². The van der Waals surface area contributed by atoms with Gasteiger partial charge < -0.3 is 9.80 Å². The van der Waals surface area contributed by atoms with Crippen molar-refractivity contribution in [1.82, 2.24) is 20.0 Å². The summed E-state index contributed by atoms with van der Waals surface area (Å²) >= 11 is 6.55. The van der Waals surface area contributed by atoms with Gasteiger partial charge in [0.05, 0.1) is 0 Å². The Morgan fingerprint density at radius 3 is 1.50 bits per heavy atom. The second-order valence-corrected chi connectivity index (χ2v) is 14.5. The average molecular weight is 479 g/mol. The van der Waals surface area contributed by atoms with Gasteiger partial charge >= 0.3 is 0 Å². The van der Waals surface area contributed by atoms with E-state index in [1.165, 1.54) is 70.0 Å². The molecule has 0 amide bonds. The molecule has 1 aromatic rings. The van der Waals surface area contributed by atoms with Crippen LogP contribution in [-0.2, 0) is 11.8 Å². The predicted molar refractivity (Wildman–Crippen MR) is 144 cm³/mol. The molecule has 1 aromatic carbocycles. The van der Waals surface area contributed by atoms with Crippen molar-refractivity contribution in [2.45, 2.75) is 78.3 Å². The lowest BCUT2D eigenvalue weighted by Gasteiger charge is -2.40. The summed E-state index contributed by atoms with van der Waals surface area (Å²) in [7, 11) is 0. The predicted octanol–water partition coefficient (Wildman–Crippen LogP) is 4.82. The number of hydrogen-bond acceptors (Lipinski definition) is 3. The maximum atomic E-state index is 6.55. The van der Waals surface area contributed by atoms with Crippen molar-refractivity contribution in [1.29, 1.82) is 0 Å². The fourth-order valence-electron chi connectivity index (χ4n) is 4.93. The third-order valence-corrected chi connectivity index (χ3v) is 10.9. The van der Waals surface area contributed by atoms with Gasteiger partial charge in [-0.3, -0.25) is 10.2 Å². The maximum absolute atomic E-state index is 6.55. The van der Waals surface area contributed by atoms with Crippen molar-refractivity contribution >= 4 is 23.5 Å². The molecule has 6 heteroatoms. The molecule has 2 aliphatic rings. The van der Waals surface area contributed by atoms with Crippen LogP contribution in [0.5, 0.6) is 0 Å². The highest BCUT2D eigenvalue weighted by atomic mass is 32.4. The highest BCUT2D eigenvalue weighted by molar-refractivity contribution is 8.16. The molecule has 0 aliphatic carbocycles. The highest BCUT2D eigenvalue weighted by Gasteiger charge is 2.31. The van der Waals surface area contributed by atoms with Crippen LogP contribution in [0.15, 0.2) is 30.3 Å². The van der Waals surface area contributed by atoms with Crippen LogP contribution in [-0.4, -0.2) is 61.2 Å². The zero-order valence-corrected chi connectivity index (χ0v) is 22.6. The van der Waals surface area contributed by atoms with Gasteiger partial charge in [-0.05, 0) is 63.7 Å². The van der Waals surface area contributed by atoms with Gasteiger partial charge in [-0.2, -0.15) is 0 Å². The van der Waals surface area contributed by atoms with Crippen LogP contribution >= 0.6 is 6.34 Å². The van der Waals surface area contributed by atoms with Gasteiger partial charge in [0.1, 0.15) is 6.34 Å². The van der Waals surface area contributed by atoms with Crippen LogP contribution in [0.2, 0.25) is 0 Å². The van der Waals surface area contributed by atoms with E-state index in [2.05, 4.69) is 78.0 Å². The summed E-state index contributed by atoms with van der Waals surface area (Å²) in [6.07, 6.45) is 5.95. The molecule has 0 radical (unpaired) electrons. The third-order valence-electron chi connectivity index (χ3n) is 7.23. The van der Waals surface area contributed by atoms with Crippen molar-refractivity contribution in [2.75, 3.05) is 39.3 Å². The van der Waals surface area contributed by atoms with Crippen LogP contribution in [0.3, 0.4) is 0 Å². The summed E-state index contributed by atoms with van der Waals surface area (Å²) in [5.41, 5.74) is 0. The average Bonchev–Trinajstić information content (AvgIpc) is 2.80. The summed E-state index contributed by atoms with van der Waals surface area (Å²) in [5.74, 6) is 1.09. The molecule has 2 heterocycles. The minimum Gasteiger partial charge on any atom is -0.302 e. The SMILES string of the molecule is CC(C)[C@@H](CN1CCCCC1)NP(=S)(N[C@H](CN1CCCCC1)C(C)C)c1ccccc1. The van der Waals surface area contributed by atoms with E-state index in [9.17, 15) is 0 Å². The first kappa shape index (κ1) is 26.3. The summed E-state index contributed by atoms with van der Waals surface area (Å²) in [5, 5.41) is 9.41. The number of piperidine rings is 2. The molecule has 0 unspecified atom stereocenters. The van der Waals surface area contributed by atoms with Gasteiger partial charge in [-0.15, -0.1) is 0 Å². The zero-order chi connectivity index (χ0) is 23.0. The fourth-order valence-corrected chi connectivity index (χ4v) is 8.77. The zero-order valence-electron chi connectivity index (χ0n) is 20.9. The third kappa shape index (κ3) is 7.89. The summed E-state index contributed by atoms with van der Waals surface area (Å²) in [6, 6.07) is 11.6. The van der Waals surface area contributed by atoms with E-state index in [-0.39, 0.29) is 0 Å². The van der Waals surface area contributed by atoms with E-state index in [1.54, 1.807) is 0 Å². The molecule has 2 fully saturated rings. The number of nitrogens with zero attached hydrogens (tertiary/aromatic N) is 2.